The molecule has 6 heteroatoms. The molecule has 0 spiro atoms. The molecule has 94 valence electrons. The van der Waals surface area contributed by atoms with E-state index in [9.17, 15) is 4.39 Å². The average molecular weight is 255 g/mol. The highest BCUT2D eigenvalue weighted by Crippen LogP contribution is 2.10. The van der Waals surface area contributed by atoms with Gasteiger partial charge in [0.25, 0.3) is 5.78 Å². The first-order chi connectivity index (χ1) is 9.22. The molecule has 2 N–H and O–H groups in total. The Hall–Kier alpha value is -2.76. The fraction of sp³-hybridized carbons (Fsp3) is 0. The molecule has 0 fully saturated rings. The van der Waals surface area contributed by atoms with Crippen molar-refractivity contribution < 1.29 is 4.39 Å². The molecule has 2 heterocycles. The maximum atomic E-state index is 12.8. The van der Waals surface area contributed by atoms with Crippen LogP contribution < -0.4 is 5.73 Å². The predicted octanol–water partition coefficient (Wildman–Crippen LogP) is 2.02. The lowest BCUT2D eigenvalue weighted by molar-refractivity contribution is 0.628. The topological polar surface area (TPSA) is 69.1 Å². The van der Waals surface area contributed by atoms with Crippen molar-refractivity contribution in [3.8, 4) is 0 Å². The third-order valence-electron chi connectivity index (χ3n) is 2.60. The number of fused-ring (bicyclic) bond motifs is 1. The zero-order chi connectivity index (χ0) is 13.2. The molecule has 2 aromatic heterocycles. The van der Waals surface area contributed by atoms with Crippen molar-refractivity contribution in [2.24, 2.45) is 0 Å². The van der Waals surface area contributed by atoms with Crippen LogP contribution in [0.1, 0.15) is 11.3 Å². The van der Waals surface area contributed by atoms with Gasteiger partial charge in [0.15, 0.2) is 0 Å². The van der Waals surface area contributed by atoms with Gasteiger partial charge in [-0.15, -0.1) is 5.10 Å². The Kier molecular flexibility index (Phi) is 2.68. The number of benzene rings is 1. The van der Waals surface area contributed by atoms with Crippen LogP contribution in [0.15, 0.2) is 36.5 Å². The van der Waals surface area contributed by atoms with Crippen molar-refractivity contribution in [1.29, 1.82) is 0 Å². The molecule has 0 saturated heterocycles. The number of nitrogens with two attached hydrogens (primary N) is 1. The second-order valence-electron chi connectivity index (χ2n) is 3.94. The molecule has 5 nitrogen and oxygen atoms in total. The van der Waals surface area contributed by atoms with Crippen LogP contribution in [-0.2, 0) is 0 Å². The SMILES string of the molecule is Nc1nc2nccc(C=Cc3ccc(F)cc3)n2n1. The summed E-state index contributed by atoms with van der Waals surface area (Å²) < 4.78 is 14.3. The van der Waals surface area contributed by atoms with Crippen molar-refractivity contribution in [1.82, 2.24) is 19.6 Å². The van der Waals surface area contributed by atoms with E-state index in [2.05, 4.69) is 15.1 Å². The van der Waals surface area contributed by atoms with Crippen molar-refractivity contribution in [3.63, 3.8) is 0 Å². The number of aromatic nitrogens is 4. The third-order valence-corrected chi connectivity index (χ3v) is 2.60. The van der Waals surface area contributed by atoms with Crippen LogP contribution in [-0.4, -0.2) is 19.6 Å². The number of halogens is 1. The van der Waals surface area contributed by atoms with Gasteiger partial charge in [-0.05, 0) is 29.8 Å². The number of hydrogen-bond donors (Lipinski definition) is 1. The summed E-state index contributed by atoms with van der Waals surface area (Å²) in [6.45, 7) is 0. The van der Waals surface area contributed by atoms with Crippen LogP contribution in [0, 0.1) is 5.82 Å². The van der Waals surface area contributed by atoms with Crippen LogP contribution in [0.2, 0.25) is 0 Å². The minimum Gasteiger partial charge on any atom is -0.366 e. The van der Waals surface area contributed by atoms with Gasteiger partial charge in [-0.25, -0.2) is 9.37 Å². The van der Waals surface area contributed by atoms with Gasteiger partial charge in [0.05, 0.1) is 5.69 Å². The number of nitrogens with zero attached hydrogens (tertiary/aromatic N) is 4. The Bertz CT molecular complexity index is 745. The first kappa shape index (κ1) is 11.3. The summed E-state index contributed by atoms with van der Waals surface area (Å²) in [7, 11) is 0. The van der Waals surface area contributed by atoms with Crippen molar-refractivity contribution in [3.05, 3.63) is 53.6 Å². The molecule has 0 unspecified atom stereocenters. The van der Waals surface area contributed by atoms with E-state index in [0.717, 1.165) is 11.3 Å². The molecule has 3 aromatic rings. The van der Waals surface area contributed by atoms with Crippen LogP contribution >= 0.6 is 0 Å². The van der Waals surface area contributed by atoms with Gasteiger partial charge < -0.3 is 5.73 Å². The van der Waals surface area contributed by atoms with E-state index >= 15 is 0 Å². The van der Waals surface area contributed by atoms with E-state index in [1.807, 2.05) is 12.2 Å². The largest absolute Gasteiger partial charge is 0.366 e. The summed E-state index contributed by atoms with van der Waals surface area (Å²) in [5.41, 5.74) is 7.21. The molecule has 0 bridgehead atoms. The number of anilines is 1. The molecule has 0 aliphatic carbocycles. The Morgan fingerprint density at radius 1 is 1.11 bits per heavy atom. The Labute approximate surface area is 108 Å². The molecule has 3 rings (SSSR count). The smallest absolute Gasteiger partial charge is 0.254 e. The van der Waals surface area contributed by atoms with E-state index in [1.165, 1.54) is 12.1 Å². The van der Waals surface area contributed by atoms with Crippen molar-refractivity contribution >= 4 is 23.9 Å². The molecule has 1 aromatic carbocycles. The maximum Gasteiger partial charge on any atom is 0.254 e. The second kappa shape index (κ2) is 4.49. The maximum absolute atomic E-state index is 12.8. The second-order valence-corrected chi connectivity index (χ2v) is 3.94. The molecule has 0 aliphatic rings. The molecule has 0 saturated carbocycles. The van der Waals surface area contributed by atoms with Gasteiger partial charge in [0.2, 0.25) is 5.95 Å². The average Bonchev–Trinajstić information content (AvgIpc) is 2.79. The van der Waals surface area contributed by atoms with E-state index in [4.69, 9.17) is 5.73 Å². The van der Waals surface area contributed by atoms with E-state index < -0.39 is 0 Å². The molecule has 0 atom stereocenters. The summed E-state index contributed by atoms with van der Waals surface area (Å²) in [5.74, 6) is 0.362. The van der Waals surface area contributed by atoms with Crippen LogP contribution in [0.5, 0.6) is 0 Å². The summed E-state index contributed by atoms with van der Waals surface area (Å²) in [5, 5.41) is 4.05. The third kappa shape index (κ3) is 2.28. The van der Waals surface area contributed by atoms with Crippen LogP contribution in [0.4, 0.5) is 10.3 Å². The standard InChI is InChI=1S/C13H10FN5/c14-10-4-1-9(2-5-10)3-6-11-7-8-16-13-17-12(15)18-19(11)13/h1-8H,(H2,15,18). The van der Waals surface area contributed by atoms with Crippen LogP contribution in [0.25, 0.3) is 17.9 Å². The summed E-state index contributed by atoms with van der Waals surface area (Å²) in [6, 6.07) is 8.01. The first-order valence-electron chi connectivity index (χ1n) is 5.63. The Balaban J connectivity index is 1.98. The molecule has 0 amide bonds. The molecule has 19 heavy (non-hydrogen) atoms. The minimum atomic E-state index is -0.257. The zero-order valence-electron chi connectivity index (χ0n) is 9.86. The highest BCUT2D eigenvalue weighted by molar-refractivity contribution is 5.68. The monoisotopic (exact) mass is 255 g/mol. The van der Waals surface area contributed by atoms with Gasteiger partial charge in [-0.3, -0.25) is 0 Å². The summed E-state index contributed by atoms with van der Waals surface area (Å²) in [6.07, 6.45) is 5.33. The van der Waals surface area contributed by atoms with Gasteiger partial charge in [0, 0.05) is 6.20 Å². The quantitative estimate of drug-likeness (QED) is 0.760. The summed E-state index contributed by atoms with van der Waals surface area (Å²) >= 11 is 0. The minimum absolute atomic E-state index is 0.176. The normalized spacial score (nSPS) is 11.4. The van der Waals surface area contributed by atoms with Crippen molar-refractivity contribution in [2.45, 2.75) is 0 Å². The predicted molar refractivity (Wildman–Crippen MR) is 70.5 cm³/mol. The number of nitrogen functional groups attached to an aromatic ring is 1. The van der Waals surface area contributed by atoms with Gasteiger partial charge in [-0.1, -0.05) is 18.2 Å². The van der Waals surface area contributed by atoms with E-state index in [0.29, 0.717) is 5.78 Å². The zero-order valence-corrected chi connectivity index (χ0v) is 9.86. The first-order valence-corrected chi connectivity index (χ1v) is 5.63. The molecular formula is C13H10FN5. The summed E-state index contributed by atoms with van der Waals surface area (Å²) in [4.78, 5) is 8.03. The fourth-order valence-corrected chi connectivity index (χ4v) is 1.71. The Morgan fingerprint density at radius 3 is 2.68 bits per heavy atom. The fourth-order valence-electron chi connectivity index (χ4n) is 1.71. The Morgan fingerprint density at radius 2 is 1.89 bits per heavy atom. The number of hydrogen-bond acceptors (Lipinski definition) is 4. The van der Waals surface area contributed by atoms with Gasteiger partial charge in [0.1, 0.15) is 5.82 Å². The lowest BCUT2D eigenvalue weighted by Gasteiger charge is -1.97. The highest BCUT2D eigenvalue weighted by Gasteiger charge is 2.03. The molecular weight excluding hydrogens is 245 g/mol. The van der Waals surface area contributed by atoms with E-state index in [-0.39, 0.29) is 11.8 Å². The van der Waals surface area contributed by atoms with Gasteiger partial charge in [-0.2, -0.15) is 9.50 Å². The molecule has 0 aliphatic heterocycles. The lowest BCUT2D eigenvalue weighted by atomic mass is 10.2. The lowest BCUT2D eigenvalue weighted by Crippen LogP contribution is -1.95. The van der Waals surface area contributed by atoms with Gasteiger partial charge >= 0.3 is 0 Å². The van der Waals surface area contributed by atoms with Crippen LogP contribution in [0.3, 0.4) is 0 Å². The van der Waals surface area contributed by atoms with Crippen molar-refractivity contribution in [2.75, 3.05) is 5.73 Å². The molecule has 0 radical (unpaired) electrons. The highest BCUT2D eigenvalue weighted by atomic mass is 19.1. The van der Waals surface area contributed by atoms with E-state index in [1.54, 1.807) is 28.9 Å². The number of rotatable bonds is 2.